The van der Waals surface area contributed by atoms with Gasteiger partial charge < -0.3 is 16.0 Å². The van der Waals surface area contributed by atoms with Gasteiger partial charge in [-0.05, 0) is 68.0 Å². The molecular weight excluding hydrogens is 758 g/mol. The van der Waals surface area contributed by atoms with Crippen LogP contribution in [0.2, 0.25) is 0 Å². The first-order valence-corrected chi connectivity index (χ1v) is 20.7. The second-order valence-electron chi connectivity index (χ2n) is 14.9. The van der Waals surface area contributed by atoms with E-state index in [1.54, 1.807) is 41.1 Å². The number of piperidine rings is 2. The Balaban J connectivity index is 0.828. The minimum Gasteiger partial charge on any atom is -0.381 e. The topological polar surface area (TPSA) is 205 Å². The Morgan fingerprint density at radius 2 is 1.63 bits per heavy atom. The molecule has 0 radical (unpaired) electrons. The first-order valence-electron chi connectivity index (χ1n) is 19.2. The number of anilines is 2. The summed E-state index contributed by atoms with van der Waals surface area (Å²) in [5.74, 6) is -3.08. The Kier molecular flexibility index (Phi) is 10.6. The van der Waals surface area contributed by atoms with Crippen LogP contribution in [0.5, 0.6) is 0 Å². The number of carbonyl (C=O) groups is 4. The van der Waals surface area contributed by atoms with Crippen LogP contribution < -0.4 is 26.8 Å². The lowest BCUT2D eigenvalue weighted by Crippen LogP contribution is -2.54. The van der Waals surface area contributed by atoms with Crippen molar-refractivity contribution in [2.24, 2.45) is 0 Å². The Morgan fingerprint density at radius 1 is 0.877 bits per heavy atom. The van der Waals surface area contributed by atoms with E-state index in [2.05, 4.69) is 26.3 Å². The Morgan fingerprint density at radius 3 is 2.39 bits per heavy atom. The third-order valence-electron chi connectivity index (χ3n) is 11.2. The van der Waals surface area contributed by atoms with Crippen LogP contribution in [0.1, 0.15) is 83.7 Å². The van der Waals surface area contributed by atoms with Crippen molar-refractivity contribution in [3.63, 3.8) is 0 Å². The molecule has 2 saturated heterocycles. The number of hydrogen-bond donors (Lipinski definition) is 4. The molecule has 18 heteroatoms. The van der Waals surface area contributed by atoms with E-state index in [0.717, 1.165) is 47.6 Å². The third kappa shape index (κ3) is 7.63. The Bertz CT molecular complexity index is 2450. The molecule has 2 aromatic carbocycles. The Hall–Kier alpha value is -5.59. The van der Waals surface area contributed by atoms with Gasteiger partial charge in [-0.1, -0.05) is 25.0 Å². The van der Waals surface area contributed by atoms with E-state index < -0.39 is 45.5 Å². The zero-order valence-electron chi connectivity index (χ0n) is 31.0. The fourth-order valence-corrected chi connectivity index (χ4v) is 9.70. The van der Waals surface area contributed by atoms with Gasteiger partial charge in [-0.2, -0.15) is 9.29 Å². The number of aromatic nitrogens is 3. The van der Waals surface area contributed by atoms with Gasteiger partial charge in [-0.3, -0.25) is 38.8 Å². The van der Waals surface area contributed by atoms with Crippen molar-refractivity contribution in [3.05, 3.63) is 87.6 Å². The molecule has 4 aromatic rings. The van der Waals surface area contributed by atoms with E-state index in [1.165, 1.54) is 10.4 Å². The lowest BCUT2D eigenvalue weighted by molar-refractivity contribution is -0.136. The SMILES string of the molecule is O=C1CCC(N2C(=O)c3cc(F)c(NCCNCc4cccc(S(=O)(=O)N5CCC(Nc6ncc7ccc(=O)n(C8CCCC8)c7n6)CC5)c4)cc3C2=O)C(=O)N1. The van der Waals surface area contributed by atoms with Crippen molar-refractivity contribution in [3.8, 4) is 0 Å². The summed E-state index contributed by atoms with van der Waals surface area (Å²) in [5, 5.41) is 12.4. The highest BCUT2D eigenvalue weighted by atomic mass is 32.2. The number of nitrogens with one attached hydrogen (secondary N) is 4. The number of imide groups is 2. The van der Waals surface area contributed by atoms with Gasteiger partial charge in [0.15, 0.2) is 0 Å². The van der Waals surface area contributed by atoms with Crippen molar-refractivity contribution < 1.29 is 32.0 Å². The van der Waals surface area contributed by atoms with Crippen molar-refractivity contribution in [1.29, 1.82) is 0 Å². The number of fused-ring (bicyclic) bond motifs is 2. The predicted molar refractivity (Wildman–Crippen MR) is 206 cm³/mol. The number of halogens is 1. The number of nitrogens with zero attached hydrogens (tertiary/aromatic N) is 5. The van der Waals surface area contributed by atoms with Crippen LogP contribution >= 0.6 is 0 Å². The molecule has 1 aliphatic carbocycles. The van der Waals surface area contributed by atoms with Gasteiger partial charge in [0.1, 0.15) is 17.5 Å². The zero-order valence-corrected chi connectivity index (χ0v) is 31.8. The van der Waals surface area contributed by atoms with Gasteiger partial charge in [0.05, 0.1) is 21.7 Å². The second kappa shape index (κ2) is 15.7. The molecule has 3 aliphatic heterocycles. The standard InChI is InChI=1S/C39H42FN9O7S/c40-30-19-28-29(38(54)49(37(28)53)32-9-10-33(50)45-36(32)52)20-31(30)42-15-14-41-21-23-4-3-7-27(18-23)57(55,56)47-16-12-25(13-17-47)44-39-43-22-24-8-11-34(51)48(35(24)46-39)26-5-1-2-6-26/h3-4,7-8,11,18-20,22,25-26,32,41-42H,1-2,5-6,9-10,12-17,21H2,(H,43,44,46)(H,45,50,52). The monoisotopic (exact) mass is 799 g/mol. The van der Waals surface area contributed by atoms with E-state index in [9.17, 15) is 32.4 Å². The molecule has 0 bridgehead atoms. The van der Waals surface area contributed by atoms with E-state index in [4.69, 9.17) is 4.98 Å². The highest BCUT2D eigenvalue weighted by Crippen LogP contribution is 2.32. The maximum Gasteiger partial charge on any atom is 0.262 e. The lowest BCUT2D eigenvalue weighted by Gasteiger charge is -2.31. The second-order valence-corrected chi connectivity index (χ2v) is 16.8. The fraction of sp³-hybridized carbons (Fsp3) is 0.410. The first kappa shape index (κ1) is 38.3. The van der Waals surface area contributed by atoms with Crippen molar-refractivity contribution in [2.75, 3.05) is 36.8 Å². The van der Waals surface area contributed by atoms with Gasteiger partial charge in [-0.15, -0.1) is 0 Å². The summed E-state index contributed by atoms with van der Waals surface area (Å²) in [4.78, 5) is 72.9. The molecule has 4 N–H and O–H groups in total. The number of hydrogen-bond acceptors (Lipinski definition) is 12. The van der Waals surface area contributed by atoms with Crippen LogP contribution in [-0.4, -0.2) is 94.0 Å². The molecule has 1 saturated carbocycles. The normalized spacial score (nSPS) is 19.7. The largest absolute Gasteiger partial charge is 0.381 e. The van der Waals surface area contributed by atoms with Crippen LogP contribution in [0.15, 0.2) is 64.4 Å². The highest BCUT2D eigenvalue weighted by Gasteiger charge is 2.45. The van der Waals surface area contributed by atoms with E-state index in [1.807, 2.05) is 6.07 Å². The summed E-state index contributed by atoms with van der Waals surface area (Å²) >= 11 is 0. The van der Waals surface area contributed by atoms with Crippen LogP contribution in [-0.2, 0) is 26.2 Å². The van der Waals surface area contributed by atoms with Crippen LogP contribution in [0.4, 0.5) is 16.0 Å². The molecule has 1 unspecified atom stereocenters. The highest BCUT2D eigenvalue weighted by molar-refractivity contribution is 7.89. The maximum atomic E-state index is 15.0. The van der Waals surface area contributed by atoms with Crippen molar-refractivity contribution in [2.45, 2.75) is 80.9 Å². The lowest BCUT2D eigenvalue weighted by atomic mass is 10.0. The fourth-order valence-electron chi connectivity index (χ4n) is 8.16. The summed E-state index contributed by atoms with van der Waals surface area (Å²) in [5.41, 5.74) is 1.10. The summed E-state index contributed by atoms with van der Waals surface area (Å²) < 4.78 is 45.6. The summed E-state index contributed by atoms with van der Waals surface area (Å²) in [6.07, 6.45) is 6.85. The van der Waals surface area contributed by atoms with Gasteiger partial charge in [-0.25, -0.2) is 17.8 Å². The van der Waals surface area contributed by atoms with Gasteiger partial charge in [0.25, 0.3) is 17.4 Å². The number of benzene rings is 2. The molecule has 2 aromatic heterocycles. The van der Waals surface area contributed by atoms with Crippen molar-refractivity contribution in [1.82, 2.24) is 34.4 Å². The molecule has 0 spiro atoms. The van der Waals surface area contributed by atoms with Crippen LogP contribution in [0, 0.1) is 5.82 Å². The maximum absolute atomic E-state index is 15.0. The molecule has 3 fully saturated rings. The molecule has 298 valence electrons. The molecule has 4 aliphatic rings. The van der Waals surface area contributed by atoms with Crippen molar-refractivity contribution >= 4 is 56.3 Å². The van der Waals surface area contributed by atoms with Crippen LogP contribution in [0.3, 0.4) is 0 Å². The summed E-state index contributed by atoms with van der Waals surface area (Å²) in [6, 6.07) is 11.2. The quantitative estimate of drug-likeness (QED) is 0.121. The zero-order chi connectivity index (χ0) is 39.8. The number of pyridine rings is 1. The van der Waals surface area contributed by atoms with Gasteiger partial charge in [0, 0.05) is 68.9 Å². The molecule has 5 heterocycles. The molecule has 16 nitrogen and oxygen atoms in total. The molecule has 1 atom stereocenters. The minimum absolute atomic E-state index is 0.00270. The number of amides is 4. The number of sulfonamides is 1. The molecule has 4 amide bonds. The Labute approximate surface area is 327 Å². The molecule has 57 heavy (non-hydrogen) atoms. The third-order valence-corrected chi connectivity index (χ3v) is 13.0. The average Bonchev–Trinajstić information content (AvgIpc) is 3.81. The minimum atomic E-state index is -3.77. The van der Waals surface area contributed by atoms with Gasteiger partial charge in [0.2, 0.25) is 27.8 Å². The van der Waals surface area contributed by atoms with Gasteiger partial charge >= 0.3 is 0 Å². The number of carbonyl (C=O) groups excluding carboxylic acids is 4. The average molecular weight is 800 g/mol. The summed E-state index contributed by atoms with van der Waals surface area (Å²) in [6.45, 7) is 1.53. The van der Waals surface area contributed by atoms with E-state index in [-0.39, 0.29) is 58.7 Å². The van der Waals surface area contributed by atoms with E-state index >= 15 is 4.39 Å². The molecular formula is C39H42FN9O7S. The predicted octanol–water partition coefficient (Wildman–Crippen LogP) is 2.91. The summed E-state index contributed by atoms with van der Waals surface area (Å²) in [7, 11) is -3.77. The number of rotatable bonds is 12. The first-order chi connectivity index (χ1) is 27.5. The van der Waals surface area contributed by atoms with Crippen LogP contribution in [0.25, 0.3) is 11.0 Å². The van der Waals surface area contributed by atoms with E-state index in [0.29, 0.717) is 50.6 Å². The molecule has 8 rings (SSSR count). The smallest absolute Gasteiger partial charge is 0.262 e.